The Morgan fingerprint density at radius 2 is 0.917 bits per heavy atom. The zero-order chi connectivity index (χ0) is 39.1. The van der Waals surface area contributed by atoms with Gasteiger partial charge in [0.1, 0.15) is 23.6 Å². The molecule has 0 bridgehead atoms. The molecule has 60 heavy (non-hydrogen) atoms. The molecule has 0 N–H and O–H groups in total. The molecule has 4 aliphatic heterocycles. The minimum absolute atomic E-state index is 0.0420. The number of rotatable bonds is 4. The number of hydrogen-bond acceptors (Lipinski definition) is 4. The number of ether oxygens (including phenoxy) is 2. The van der Waals surface area contributed by atoms with E-state index < -0.39 is 0 Å². The highest BCUT2D eigenvalue weighted by atomic mass is 16.5. The maximum Gasteiger partial charge on any atom is 0.151 e. The van der Waals surface area contributed by atoms with Crippen LogP contribution in [0.5, 0.6) is 11.5 Å². The van der Waals surface area contributed by atoms with Crippen LogP contribution in [0, 0.1) is 0 Å². The van der Waals surface area contributed by atoms with E-state index in [1.165, 1.54) is 93.9 Å². The number of nitrogens with zero attached hydrogens (tertiary/aromatic N) is 2. The van der Waals surface area contributed by atoms with Gasteiger partial charge in [-0.3, -0.25) is 0 Å². The Morgan fingerprint density at radius 3 is 1.68 bits per heavy atom. The molecule has 4 heteroatoms. The molecule has 4 atom stereocenters. The molecule has 4 heterocycles. The molecule has 0 saturated carbocycles. The fourth-order valence-corrected chi connectivity index (χ4v) is 11.2. The zero-order valence-electron chi connectivity index (χ0n) is 32.5. The first kappa shape index (κ1) is 32.4. The first-order valence-corrected chi connectivity index (χ1v) is 21.0. The average molecular weight is 769 g/mol. The van der Waals surface area contributed by atoms with Crippen molar-refractivity contribution in [1.29, 1.82) is 0 Å². The summed E-state index contributed by atoms with van der Waals surface area (Å²) in [4.78, 5) is 4.98. The topological polar surface area (TPSA) is 24.9 Å². The van der Waals surface area contributed by atoms with E-state index in [9.17, 15) is 0 Å². The monoisotopic (exact) mass is 768 g/mol. The van der Waals surface area contributed by atoms with Crippen LogP contribution in [0.15, 0.2) is 194 Å². The smallest absolute Gasteiger partial charge is 0.151 e. The number of para-hydroxylation sites is 4. The van der Waals surface area contributed by atoms with E-state index in [1.807, 2.05) is 0 Å². The van der Waals surface area contributed by atoms with Gasteiger partial charge in [0, 0.05) is 45.0 Å². The van der Waals surface area contributed by atoms with Crippen molar-refractivity contribution in [2.45, 2.75) is 24.3 Å². The molecular weight excluding hydrogens is 733 g/mol. The van der Waals surface area contributed by atoms with Crippen molar-refractivity contribution in [3.63, 3.8) is 0 Å². The van der Waals surface area contributed by atoms with Crippen molar-refractivity contribution in [3.8, 4) is 33.8 Å². The van der Waals surface area contributed by atoms with Gasteiger partial charge in [-0.15, -0.1) is 0 Å². The Labute approximate surface area is 347 Å². The van der Waals surface area contributed by atoms with Gasteiger partial charge in [-0.05, 0) is 103 Å². The number of hydrogen-bond donors (Lipinski definition) is 0. The van der Waals surface area contributed by atoms with Crippen LogP contribution >= 0.6 is 0 Å². The summed E-state index contributed by atoms with van der Waals surface area (Å²) in [6.07, 6.45) is -0.173. The summed E-state index contributed by atoms with van der Waals surface area (Å²) < 4.78 is 13.5. The summed E-state index contributed by atoms with van der Waals surface area (Å²) in [5.41, 5.74) is 14.6. The van der Waals surface area contributed by atoms with Gasteiger partial charge >= 0.3 is 0 Å². The quantitative estimate of drug-likeness (QED) is 0.167. The molecular formula is C56H36N2O2. The fourth-order valence-electron chi connectivity index (χ4n) is 11.2. The number of benzene rings is 10. The lowest BCUT2D eigenvalue weighted by Gasteiger charge is -2.27. The lowest BCUT2D eigenvalue weighted by molar-refractivity contribution is 0.223. The van der Waals surface area contributed by atoms with Crippen LogP contribution in [-0.2, 0) is 0 Å². The van der Waals surface area contributed by atoms with Gasteiger partial charge in [-0.2, -0.15) is 0 Å². The van der Waals surface area contributed by atoms with Crippen molar-refractivity contribution < 1.29 is 9.47 Å². The molecule has 0 aromatic heterocycles. The van der Waals surface area contributed by atoms with Crippen molar-refractivity contribution in [1.82, 2.24) is 0 Å². The molecule has 0 amide bonds. The number of anilines is 4. The molecule has 0 aliphatic carbocycles. The zero-order valence-corrected chi connectivity index (χ0v) is 32.5. The molecule has 282 valence electrons. The van der Waals surface area contributed by atoms with E-state index in [-0.39, 0.29) is 24.3 Å². The van der Waals surface area contributed by atoms with Crippen LogP contribution in [0.25, 0.3) is 54.6 Å². The average Bonchev–Trinajstić information content (AvgIpc) is 4.05. The first-order valence-electron chi connectivity index (χ1n) is 21.0. The summed E-state index contributed by atoms with van der Waals surface area (Å²) in [7, 11) is 0. The second-order valence-corrected chi connectivity index (χ2v) is 16.6. The summed E-state index contributed by atoms with van der Waals surface area (Å²) in [6, 6.07) is 71.2. The Kier molecular flexibility index (Phi) is 6.48. The van der Waals surface area contributed by atoms with Crippen molar-refractivity contribution in [2.75, 3.05) is 9.80 Å². The van der Waals surface area contributed by atoms with Gasteiger partial charge in [-0.25, -0.2) is 0 Å². The third kappa shape index (κ3) is 4.29. The minimum atomic E-state index is -0.131. The van der Waals surface area contributed by atoms with E-state index in [2.05, 4.69) is 204 Å². The second-order valence-electron chi connectivity index (χ2n) is 16.6. The molecule has 0 radical (unpaired) electrons. The van der Waals surface area contributed by atoms with E-state index in [0.29, 0.717) is 0 Å². The molecule has 10 aromatic rings. The van der Waals surface area contributed by atoms with Gasteiger partial charge in [0.05, 0.1) is 0 Å². The molecule has 4 unspecified atom stereocenters. The van der Waals surface area contributed by atoms with Crippen LogP contribution in [0.4, 0.5) is 22.7 Å². The Morgan fingerprint density at radius 1 is 0.367 bits per heavy atom. The SMILES string of the molecule is c1ccc(N2c3cccc(-c4ccc5ccc6c(-c7cccc(N8c9ccccc9C9Oc%10ccccc%10C98)c7)ccc7ccc4c5c76)c3C3Oc4ccccc4C32)cc1. The summed E-state index contributed by atoms with van der Waals surface area (Å²) in [6.45, 7) is 0. The van der Waals surface area contributed by atoms with Crippen LogP contribution < -0.4 is 19.3 Å². The maximum atomic E-state index is 6.92. The lowest BCUT2D eigenvalue weighted by Crippen LogP contribution is -2.20. The van der Waals surface area contributed by atoms with Crippen molar-refractivity contribution >= 4 is 55.1 Å². The second kappa shape index (κ2) is 12.0. The molecule has 10 aromatic carbocycles. The fraction of sp³-hybridized carbons (Fsp3) is 0.0714. The summed E-state index contributed by atoms with van der Waals surface area (Å²) in [5, 5.41) is 7.63. The lowest BCUT2D eigenvalue weighted by atomic mass is 9.85. The highest BCUT2D eigenvalue weighted by molar-refractivity contribution is 6.27. The summed E-state index contributed by atoms with van der Waals surface area (Å²) >= 11 is 0. The molecule has 4 aliphatic rings. The van der Waals surface area contributed by atoms with E-state index in [1.54, 1.807) is 0 Å². The largest absolute Gasteiger partial charge is 0.483 e. The van der Waals surface area contributed by atoms with Gasteiger partial charge in [-0.1, -0.05) is 146 Å². The third-order valence-corrected chi connectivity index (χ3v) is 13.7. The van der Waals surface area contributed by atoms with E-state index >= 15 is 0 Å². The Bertz CT molecular complexity index is 3390. The predicted molar refractivity (Wildman–Crippen MR) is 243 cm³/mol. The minimum Gasteiger partial charge on any atom is -0.483 e. The van der Waals surface area contributed by atoms with E-state index in [0.717, 1.165) is 17.2 Å². The van der Waals surface area contributed by atoms with Gasteiger partial charge < -0.3 is 19.3 Å². The molecule has 0 spiro atoms. The van der Waals surface area contributed by atoms with Crippen LogP contribution in [-0.4, -0.2) is 0 Å². The van der Waals surface area contributed by atoms with Crippen LogP contribution in [0.1, 0.15) is 46.5 Å². The Balaban J connectivity index is 0.932. The highest BCUT2D eigenvalue weighted by Gasteiger charge is 2.49. The molecule has 0 saturated heterocycles. The maximum absolute atomic E-state index is 6.92. The van der Waals surface area contributed by atoms with Crippen LogP contribution in [0.2, 0.25) is 0 Å². The first-order chi connectivity index (χ1) is 29.8. The summed E-state index contributed by atoms with van der Waals surface area (Å²) in [5.74, 6) is 1.94. The third-order valence-electron chi connectivity index (χ3n) is 13.7. The standard InChI is InChI=1S/C56H36N2O2/c1-2-13-36(14-3-1)57-47-21-11-19-40(52(47)56-54(57)45-18-6-9-23-49(45)60-56)39-29-25-34-26-30-41-38(28-24-33-27-31-42(39)51(34)50(33)41)35-12-10-15-37(32-35)58-46-20-7-4-16-43(46)55-53(58)44-17-5-8-22-48(44)59-55/h1-32,53-56H. The molecule has 0 fully saturated rings. The van der Waals surface area contributed by atoms with Crippen LogP contribution in [0.3, 0.4) is 0 Å². The highest BCUT2D eigenvalue weighted by Crippen LogP contribution is 2.62. The number of fused-ring (bicyclic) bond motifs is 10. The predicted octanol–water partition coefficient (Wildman–Crippen LogP) is 14.6. The van der Waals surface area contributed by atoms with Crippen molar-refractivity contribution in [2.24, 2.45) is 0 Å². The van der Waals surface area contributed by atoms with Gasteiger partial charge in [0.15, 0.2) is 12.2 Å². The molecule has 4 nitrogen and oxygen atoms in total. The normalized spacial score (nSPS) is 19.2. The molecule has 14 rings (SSSR count). The van der Waals surface area contributed by atoms with E-state index in [4.69, 9.17) is 9.47 Å². The van der Waals surface area contributed by atoms with Crippen molar-refractivity contribution in [3.05, 3.63) is 216 Å². The van der Waals surface area contributed by atoms with Gasteiger partial charge in [0.25, 0.3) is 0 Å². The Hall–Kier alpha value is -7.56. The van der Waals surface area contributed by atoms with Gasteiger partial charge in [0.2, 0.25) is 0 Å².